The quantitative estimate of drug-likeness (QED) is 0.315. The Morgan fingerprint density at radius 3 is 2.21 bits per heavy atom. The van der Waals surface area contributed by atoms with Gasteiger partial charge in [-0.1, -0.05) is 49.4 Å². The molecule has 2 amide bonds. The van der Waals surface area contributed by atoms with Gasteiger partial charge in [-0.15, -0.1) is 11.3 Å². The van der Waals surface area contributed by atoms with Crippen molar-refractivity contribution in [3.8, 4) is 5.75 Å². The van der Waals surface area contributed by atoms with Crippen LogP contribution in [0.2, 0.25) is 0 Å². The summed E-state index contributed by atoms with van der Waals surface area (Å²) in [5, 5.41) is 13.4. The largest absolute Gasteiger partial charge is 0.444 e. The number of carbonyl (C=O) groups excluding carboxylic acids is 2. The molecule has 0 saturated carbocycles. The molecule has 39 heavy (non-hydrogen) atoms. The Morgan fingerprint density at radius 2 is 1.64 bits per heavy atom. The van der Waals surface area contributed by atoms with E-state index in [9.17, 15) is 18.0 Å². The van der Waals surface area contributed by atoms with Crippen LogP contribution in [0.25, 0.3) is 0 Å². The summed E-state index contributed by atoms with van der Waals surface area (Å²) in [7, 11) is -4.14. The fourth-order valence-corrected chi connectivity index (χ4v) is 5.01. The number of hydrogen-bond donors (Lipinski definition) is 3. The van der Waals surface area contributed by atoms with Gasteiger partial charge in [0.2, 0.25) is 5.91 Å². The molecule has 1 heterocycles. The predicted octanol–water partition coefficient (Wildman–Crippen LogP) is 3.82. The van der Waals surface area contributed by atoms with E-state index in [-0.39, 0.29) is 12.2 Å². The highest BCUT2D eigenvalue weighted by Crippen LogP contribution is 2.24. The number of hydrogen-bond acceptors (Lipinski definition) is 8. The van der Waals surface area contributed by atoms with Gasteiger partial charge in [0, 0.05) is 11.8 Å². The van der Waals surface area contributed by atoms with Crippen molar-refractivity contribution in [2.75, 3.05) is 0 Å². The van der Waals surface area contributed by atoms with Crippen LogP contribution < -0.4 is 20.0 Å². The van der Waals surface area contributed by atoms with Crippen molar-refractivity contribution < 1.29 is 26.9 Å². The minimum atomic E-state index is -4.14. The highest BCUT2D eigenvalue weighted by molar-refractivity contribution is 7.84. The summed E-state index contributed by atoms with van der Waals surface area (Å²) >= 11 is 1.43. The topological polar surface area (TPSA) is 150 Å². The lowest BCUT2D eigenvalue weighted by molar-refractivity contribution is -0.124. The second-order valence-electron chi connectivity index (χ2n) is 9.90. The van der Waals surface area contributed by atoms with Gasteiger partial charge in [-0.25, -0.2) is 9.78 Å². The van der Waals surface area contributed by atoms with Crippen LogP contribution in [0.3, 0.4) is 0 Å². The Hall–Kier alpha value is -3.48. The summed E-state index contributed by atoms with van der Waals surface area (Å²) in [5.74, 6) is -0.314. The van der Waals surface area contributed by atoms with Gasteiger partial charge in [-0.3, -0.25) is 4.79 Å². The van der Waals surface area contributed by atoms with Crippen LogP contribution in [0.4, 0.5) is 4.79 Å². The first-order chi connectivity index (χ1) is 18.3. The van der Waals surface area contributed by atoms with E-state index in [2.05, 4.69) is 15.6 Å². The molecule has 0 aliphatic carbocycles. The Balaban J connectivity index is 1.84. The molecule has 0 fully saturated rings. The van der Waals surface area contributed by atoms with Crippen molar-refractivity contribution in [3.05, 3.63) is 81.8 Å². The number of alkyl carbamates (subject to hydrolysis) is 1. The van der Waals surface area contributed by atoms with Gasteiger partial charge in [0.15, 0.2) is 0 Å². The molecule has 2 atom stereocenters. The highest BCUT2D eigenvalue weighted by atomic mass is 32.2. The molecular formula is C27H34N4O6S2. The van der Waals surface area contributed by atoms with Gasteiger partial charge >= 0.3 is 16.4 Å². The average Bonchev–Trinajstić information content (AvgIpc) is 3.32. The summed E-state index contributed by atoms with van der Waals surface area (Å²) in [6.07, 6.45) is 0.676. The maximum absolute atomic E-state index is 13.6. The number of nitrogens with two attached hydrogens (primary N) is 1. The number of aromatic nitrogens is 1. The molecule has 1 aromatic heterocycles. The summed E-state index contributed by atoms with van der Waals surface area (Å²) in [5.41, 5.74) is 1.85. The third kappa shape index (κ3) is 10.3. The van der Waals surface area contributed by atoms with Crippen LogP contribution in [0.15, 0.2) is 60.0 Å². The van der Waals surface area contributed by atoms with Crippen LogP contribution in [0.1, 0.15) is 55.6 Å². The molecule has 4 N–H and O–H groups in total. The maximum atomic E-state index is 13.6. The van der Waals surface area contributed by atoms with Crippen LogP contribution in [-0.2, 0) is 39.1 Å². The summed E-state index contributed by atoms with van der Waals surface area (Å²) in [4.78, 5) is 30.9. The lowest BCUT2D eigenvalue weighted by Crippen LogP contribution is -2.50. The molecule has 0 aliphatic rings. The Morgan fingerprint density at radius 1 is 1.00 bits per heavy atom. The van der Waals surface area contributed by atoms with Gasteiger partial charge in [0.1, 0.15) is 22.4 Å². The minimum Gasteiger partial charge on any atom is -0.444 e. The zero-order valence-electron chi connectivity index (χ0n) is 22.3. The van der Waals surface area contributed by atoms with Crippen molar-refractivity contribution in [3.63, 3.8) is 0 Å². The van der Waals surface area contributed by atoms with Gasteiger partial charge in [-0.2, -0.15) is 13.6 Å². The molecule has 12 heteroatoms. The summed E-state index contributed by atoms with van der Waals surface area (Å²) in [6.45, 7) is 7.25. The van der Waals surface area contributed by atoms with E-state index in [0.717, 1.165) is 23.2 Å². The van der Waals surface area contributed by atoms with Gasteiger partial charge < -0.3 is 19.6 Å². The molecule has 3 aromatic rings. The summed E-state index contributed by atoms with van der Waals surface area (Å²) in [6, 6.07) is 14.3. The fourth-order valence-electron chi connectivity index (χ4n) is 3.68. The third-order valence-corrected chi connectivity index (χ3v) is 6.84. The SMILES string of the molecule is CCc1csc(C(Cc2ccc(OS(N)(=O)=O)cc2)NC(=O)C(Cc2ccccc2)NC(=O)OC(C)(C)C)n1. The standard InChI is InChI=1S/C27H34N4O6S2/c1-5-20-17-38-25(29-20)23(16-19-11-13-21(14-12-19)37-39(28,34)35)30-24(32)22(15-18-9-7-6-8-10-18)31-26(33)36-27(2,3)4/h6-14,17,22-23H,5,15-16H2,1-4H3,(H,30,32)(H,31,33)(H2,28,34,35). The number of aryl methyl sites for hydroxylation is 1. The second-order valence-corrected chi connectivity index (χ2v) is 11.9. The van der Waals surface area contributed by atoms with E-state index in [1.165, 1.54) is 23.5 Å². The normalized spacial score (nSPS) is 13.3. The molecule has 2 aromatic carbocycles. The average molecular weight is 575 g/mol. The smallest absolute Gasteiger partial charge is 0.408 e. The molecule has 2 unspecified atom stereocenters. The molecule has 0 radical (unpaired) electrons. The van der Waals surface area contributed by atoms with E-state index in [1.807, 2.05) is 42.6 Å². The predicted molar refractivity (Wildman–Crippen MR) is 150 cm³/mol. The molecule has 0 spiro atoms. The van der Waals surface area contributed by atoms with E-state index < -0.39 is 40.0 Å². The Bertz CT molecular complexity index is 1350. The second kappa shape index (κ2) is 13.0. The van der Waals surface area contributed by atoms with Crippen molar-refractivity contribution in [2.45, 2.75) is 64.6 Å². The molecule has 10 nitrogen and oxygen atoms in total. The maximum Gasteiger partial charge on any atom is 0.408 e. The number of benzene rings is 2. The highest BCUT2D eigenvalue weighted by Gasteiger charge is 2.28. The Kier molecular flexibility index (Phi) is 10.1. The molecule has 0 bridgehead atoms. The van der Waals surface area contributed by atoms with Gasteiger partial charge in [-0.05, 0) is 56.9 Å². The number of ether oxygens (including phenoxy) is 1. The van der Waals surface area contributed by atoms with Crippen molar-refractivity contribution in [1.82, 2.24) is 15.6 Å². The first-order valence-electron chi connectivity index (χ1n) is 12.4. The monoisotopic (exact) mass is 574 g/mol. The van der Waals surface area contributed by atoms with Crippen LogP contribution in [0.5, 0.6) is 5.75 Å². The molecular weight excluding hydrogens is 540 g/mol. The zero-order chi connectivity index (χ0) is 28.6. The molecule has 210 valence electrons. The number of nitrogens with one attached hydrogen (secondary N) is 2. The van der Waals surface area contributed by atoms with E-state index >= 15 is 0 Å². The van der Waals surface area contributed by atoms with Gasteiger partial charge in [0.25, 0.3) is 0 Å². The van der Waals surface area contributed by atoms with Crippen LogP contribution in [-0.4, -0.2) is 37.0 Å². The van der Waals surface area contributed by atoms with Crippen molar-refractivity contribution in [1.29, 1.82) is 0 Å². The number of carbonyl (C=O) groups is 2. The van der Waals surface area contributed by atoms with Crippen molar-refractivity contribution in [2.24, 2.45) is 5.14 Å². The molecule has 0 saturated heterocycles. The fraction of sp³-hybridized carbons (Fsp3) is 0.370. The van der Waals surface area contributed by atoms with Crippen LogP contribution in [0, 0.1) is 0 Å². The van der Waals surface area contributed by atoms with Crippen LogP contribution >= 0.6 is 11.3 Å². The molecule has 0 aliphatic heterocycles. The number of amides is 2. The van der Waals surface area contributed by atoms with E-state index in [1.54, 1.807) is 32.9 Å². The summed E-state index contributed by atoms with van der Waals surface area (Å²) < 4.78 is 32.5. The lowest BCUT2D eigenvalue weighted by atomic mass is 10.0. The van der Waals surface area contributed by atoms with E-state index in [0.29, 0.717) is 11.4 Å². The number of rotatable bonds is 11. The van der Waals surface area contributed by atoms with Crippen molar-refractivity contribution >= 4 is 33.6 Å². The first kappa shape index (κ1) is 30.1. The Labute approximate surface area is 233 Å². The zero-order valence-corrected chi connectivity index (χ0v) is 24.0. The third-order valence-electron chi connectivity index (χ3n) is 5.41. The van der Waals surface area contributed by atoms with E-state index in [4.69, 9.17) is 14.1 Å². The minimum absolute atomic E-state index is 0.0776. The lowest BCUT2D eigenvalue weighted by Gasteiger charge is -2.25. The number of thiazole rings is 1. The number of nitrogens with zero attached hydrogens (tertiary/aromatic N) is 1. The first-order valence-corrected chi connectivity index (χ1v) is 14.8. The molecule has 3 rings (SSSR count). The van der Waals surface area contributed by atoms with Gasteiger partial charge in [0.05, 0.1) is 11.7 Å².